The lowest BCUT2D eigenvalue weighted by Crippen LogP contribution is -2.28. The SMILES string of the molecule is Cc1cc(Br)ccc1NC(=O)CCN1CCOC1=O. The van der Waals surface area contributed by atoms with Gasteiger partial charge in [0, 0.05) is 23.1 Å². The number of halogens is 1. The molecule has 2 amide bonds. The Hall–Kier alpha value is -1.56. The molecule has 0 aromatic heterocycles. The second-order valence-electron chi connectivity index (χ2n) is 4.36. The Morgan fingerprint density at radius 3 is 2.95 bits per heavy atom. The lowest BCUT2D eigenvalue weighted by molar-refractivity contribution is -0.116. The first-order valence-electron chi connectivity index (χ1n) is 6.04. The second kappa shape index (κ2) is 6.06. The number of nitrogens with one attached hydrogen (secondary N) is 1. The molecule has 1 aromatic carbocycles. The molecule has 102 valence electrons. The standard InChI is InChI=1S/C13H15BrN2O3/c1-9-8-10(14)2-3-11(9)15-12(17)4-5-16-6-7-19-13(16)18/h2-3,8H,4-7H2,1H3,(H,15,17). The molecule has 0 aliphatic carbocycles. The van der Waals surface area contributed by atoms with Crippen LogP contribution >= 0.6 is 15.9 Å². The van der Waals surface area contributed by atoms with Gasteiger partial charge < -0.3 is 15.0 Å². The van der Waals surface area contributed by atoms with Gasteiger partial charge in [0.2, 0.25) is 5.91 Å². The van der Waals surface area contributed by atoms with Crippen molar-refractivity contribution in [3.8, 4) is 0 Å². The number of carbonyl (C=O) groups is 2. The van der Waals surface area contributed by atoms with Crippen molar-refractivity contribution < 1.29 is 14.3 Å². The molecule has 0 unspecified atom stereocenters. The van der Waals surface area contributed by atoms with Gasteiger partial charge in [-0.25, -0.2) is 4.79 Å². The summed E-state index contributed by atoms with van der Waals surface area (Å²) in [7, 11) is 0. The monoisotopic (exact) mass is 326 g/mol. The Morgan fingerprint density at radius 2 is 2.32 bits per heavy atom. The number of hydrogen-bond acceptors (Lipinski definition) is 3. The van der Waals surface area contributed by atoms with Crippen molar-refractivity contribution in [2.75, 3.05) is 25.0 Å². The summed E-state index contributed by atoms with van der Waals surface area (Å²) in [6.45, 7) is 3.29. The molecule has 1 aromatic rings. The number of ether oxygens (including phenoxy) is 1. The van der Waals surface area contributed by atoms with E-state index in [0.29, 0.717) is 19.7 Å². The zero-order valence-electron chi connectivity index (χ0n) is 10.6. The van der Waals surface area contributed by atoms with Crippen LogP contribution in [0.1, 0.15) is 12.0 Å². The number of aryl methyl sites for hydroxylation is 1. The van der Waals surface area contributed by atoms with Crippen molar-refractivity contribution in [3.05, 3.63) is 28.2 Å². The fourth-order valence-electron chi connectivity index (χ4n) is 1.85. The number of anilines is 1. The van der Waals surface area contributed by atoms with Gasteiger partial charge in [0.05, 0.1) is 6.54 Å². The van der Waals surface area contributed by atoms with E-state index in [1.165, 1.54) is 4.90 Å². The second-order valence-corrected chi connectivity index (χ2v) is 5.27. The van der Waals surface area contributed by atoms with Crippen LogP contribution in [-0.2, 0) is 9.53 Å². The zero-order chi connectivity index (χ0) is 13.8. The van der Waals surface area contributed by atoms with Crippen LogP contribution in [0.15, 0.2) is 22.7 Å². The maximum atomic E-state index is 11.8. The fraction of sp³-hybridized carbons (Fsp3) is 0.385. The van der Waals surface area contributed by atoms with Gasteiger partial charge in [-0.2, -0.15) is 0 Å². The Balaban J connectivity index is 1.85. The zero-order valence-corrected chi connectivity index (χ0v) is 12.2. The molecule has 1 aliphatic rings. The normalized spacial score (nSPS) is 14.4. The molecule has 2 rings (SSSR count). The molecule has 1 N–H and O–H groups in total. The highest BCUT2D eigenvalue weighted by Gasteiger charge is 2.22. The summed E-state index contributed by atoms with van der Waals surface area (Å²) < 4.78 is 5.77. The largest absolute Gasteiger partial charge is 0.448 e. The molecule has 1 saturated heterocycles. The van der Waals surface area contributed by atoms with Gasteiger partial charge in [0.25, 0.3) is 0 Å². The van der Waals surface area contributed by atoms with Gasteiger partial charge in [0.1, 0.15) is 6.61 Å². The molecule has 1 fully saturated rings. The molecule has 0 atom stereocenters. The lowest BCUT2D eigenvalue weighted by Gasteiger charge is -2.13. The number of rotatable bonds is 4. The Bertz CT molecular complexity index is 505. The molecule has 1 heterocycles. The molecule has 0 radical (unpaired) electrons. The van der Waals surface area contributed by atoms with Crippen molar-refractivity contribution in [3.63, 3.8) is 0 Å². The van der Waals surface area contributed by atoms with Crippen molar-refractivity contribution in [1.82, 2.24) is 4.90 Å². The van der Waals surface area contributed by atoms with Crippen LogP contribution < -0.4 is 5.32 Å². The summed E-state index contributed by atoms with van der Waals surface area (Å²) in [5, 5.41) is 2.84. The topological polar surface area (TPSA) is 58.6 Å². The van der Waals surface area contributed by atoms with Crippen LogP contribution in [0.2, 0.25) is 0 Å². The molecule has 5 nitrogen and oxygen atoms in total. The van der Waals surface area contributed by atoms with E-state index in [9.17, 15) is 9.59 Å². The maximum Gasteiger partial charge on any atom is 0.409 e. The number of carbonyl (C=O) groups excluding carboxylic acids is 2. The van der Waals surface area contributed by atoms with E-state index < -0.39 is 0 Å². The number of amides is 2. The highest BCUT2D eigenvalue weighted by Crippen LogP contribution is 2.20. The summed E-state index contributed by atoms with van der Waals surface area (Å²) in [6, 6.07) is 5.66. The van der Waals surface area contributed by atoms with Crippen LogP contribution in [0, 0.1) is 6.92 Å². The third-order valence-electron chi connectivity index (χ3n) is 2.92. The predicted molar refractivity (Wildman–Crippen MR) is 75.0 cm³/mol. The summed E-state index contributed by atoms with van der Waals surface area (Å²) in [4.78, 5) is 24.6. The number of nitrogens with zero attached hydrogens (tertiary/aromatic N) is 1. The summed E-state index contributed by atoms with van der Waals surface area (Å²) in [5.74, 6) is -0.106. The average Bonchev–Trinajstić information content (AvgIpc) is 2.76. The van der Waals surface area contributed by atoms with E-state index in [1.54, 1.807) is 0 Å². The number of cyclic esters (lactones) is 1. The van der Waals surface area contributed by atoms with Gasteiger partial charge in [-0.15, -0.1) is 0 Å². The van der Waals surface area contributed by atoms with Crippen LogP contribution in [0.4, 0.5) is 10.5 Å². The smallest absolute Gasteiger partial charge is 0.409 e. The molecule has 1 aliphatic heterocycles. The Kier molecular flexibility index (Phi) is 4.42. The number of benzene rings is 1. The minimum Gasteiger partial charge on any atom is -0.448 e. The van der Waals surface area contributed by atoms with Gasteiger partial charge in [-0.05, 0) is 30.7 Å². The van der Waals surface area contributed by atoms with Crippen molar-refractivity contribution in [2.24, 2.45) is 0 Å². The van der Waals surface area contributed by atoms with Crippen LogP contribution in [-0.4, -0.2) is 36.6 Å². The third-order valence-corrected chi connectivity index (χ3v) is 3.41. The van der Waals surface area contributed by atoms with E-state index in [2.05, 4.69) is 21.2 Å². The molecular weight excluding hydrogens is 312 g/mol. The molecular formula is C13H15BrN2O3. The quantitative estimate of drug-likeness (QED) is 0.924. The summed E-state index contributed by atoms with van der Waals surface area (Å²) in [6.07, 6.45) is -0.0717. The van der Waals surface area contributed by atoms with E-state index in [1.807, 2.05) is 25.1 Å². The first-order valence-corrected chi connectivity index (χ1v) is 6.83. The van der Waals surface area contributed by atoms with E-state index in [0.717, 1.165) is 15.7 Å². The van der Waals surface area contributed by atoms with Crippen LogP contribution in [0.25, 0.3) is 0 Å². The van der Waals surface area contributed by atoms with E-state index in [4.69, 9.17) is 4.74 Å². The van der Waals surface area contributed by atoms with E-state index >= 15 is 0 Å². The highest BCUT2D eigenvalue weighted by atomic mass is 79.9. The fourth-order valence-corrected chi connectivity index (χ4v) is 2.32. The molecule has 0 saturated carbocycles. The maximum absolute atomic E-state index is 11.8. The van der Waals surface area contributed by atoms with Crippen molar-refractivity contribution in [2.45, 2.75) is 13.3 Å². The Labute approximate surface area is 120 Å². The first-order chi connectivity index (χ1) is 9.06. The molecule has 19 heavy (non-hydrogen) atoms. The average molecular weight is 327 g/mol. The van der Waals surface area contributed by atoms with Crippen LogP contribution in [0.5, 0.6) is 0 Å². The summed E-state index contributed by atoms with van der Waals surface area (Å²) in [5.41, 5.74) is 1.78. The van der Waals surface area contributed by atoms with Gasteiger partial charge in [-0.3, -0.25) is 4.79 Å². The van der Waals surface area contributed by atoms with E-state index in [-0.39, 0.29) is 18.4 Å². The minimum absolute atomic E-state index is 0.106. The summed E-state index contributed by atoms with van der Waals surface area (Å²) >= 11 is 3.37. The minimum atomic E-state index is -0.340. The third kappa shape index (κ3) is 3.70. The Morgan fingerprint density at radius 1 is 1.53 bits per heavy atom. The molecule has 0 spiro atoms. The highest BCUT2D eigenvalue weighted by molar-refractivity contribution is 9.10. The lowest BCUT2D eigenvalue weighted by atomic mass is 10.2. The van der Waals surface area contributed by atoms with Gasteiger partial charge >= 0.3 is 6.09 Å². The number of hydrogen-bond donors (Lipinski definition) is 1. The first kappa shape index (κ1) is 13.9. The predicted octanol–water partition coefficient (Wildman–Crippen LogP) is 2.54. The molecule has 0 bridgehead atoms. The van der Waals surface area contributed by atoms with Crippen molar-refractivity contribution in [1.29, 1.82) is 0 Å². The van der Waals surface area contributed by atoms with Crippen LogP contribution in [0.3, 0.4) is 0 Å². The van der Waals surface area contributed by atoms with Crippen molar-refractivity contribution >= 4 is 33.6 Å². The van der Waals surface area contributed by atoms with Gasteiger partial charge in [-0.1, -0.05) is 15.9 Å². The molecule has 6 heteroatoms. The van der Waals surface area contributed by atoms with Gasteiger partial charge in [0.15, 0.2) is 0 Å².